The van der Waals surface area contributed by atoms with Crippen molar-refractivity contribution >= 4 is 23.4 Å². The average Bonchev–Trinajstić information content (AvgIpc) is 2.73. The average molecular weight is 410 g/mol. The van der Waals surface area contributed by atoms with E-state index in [2.05, 4.69) is 10.6 Å². The molecule has 0 saturated heterocycles. The Morgan fingerprint density at radius 2 is 1.57 bits per heavy atom. The van der Waals surface area contributed by atoms with Gasteiger partial charge in [0.2, 0.25) is 17.7 Å². The van der Waals surface area contributed by atoms with Crippen molar-refractivity contribution in [3.8, 4) is 0 Å². The van der Waals surface area contributed by atoms with Crippen LogP contribution in [0.4, 0.5) is 5.69 Å². The number of benzene rings is 2. The van der Waals surface area contributed by atoms with E-state index < -0.39 is 0 Å². The van der Waals surface area contributed by atoms with Crippen LogP contribution in [-0.2, 0) is 14.4 Å². The van der Waals surface area contributed by atoms with Crippen LogP contribution in [0.25, 0.3) is 0 Å². The standard InChI is InChI=1S/C24H31N3O3/c1-5-21(19-9-7-6-8-10-19)24(30)27(17(2)3)16-23(29)25-15-22(28)26-20-13-11-18(4)12-14-20/h6-14,17,21H,5,15-16H2,1-4H3,(H,25,29)(H,26,28)/t21-/m0/s1. The van der Waals surface area contributed by atoms with Crippen LogP contribution in [0.15, 0.2) is 54.6 Å². The number of carbonyl (C=O) groups is 3. The zero-order valence-electron chi connectivity index (χ0n) is 18.1. The molecule has 0 aliphatic heterocycles. The fourth-order valence-corrected chi connectivity index (χ4v) is 3.18. The minimum atomic E-state index is -0.362. The summed E-state index contributed by atoms with van der Waals surface area (Å²) in [6, 6.07) is 16.9. The number of nitrogens with one attached hydrogen (secondary N) is 2. The molecule has 2 N–H and O–H groups in total. The first-order chi connectivity index (χ1) is 14.3. The van der Waals surface area contributed by atoms with Gasteiger partial charge in [-0.05, 0) is 44.9 Å². The molecule has 0 spiro atoms. The Kier molecular flexibility index (Phi) is 8.59. The largest absolute Gasteiger partial charge is 0.345 e. The van der Waals surface area contributed by atoms with Crippen LogP contribution < -0.4 is 10.6 Å². The van der Waals surface area contributed by atoms with E-state index in [9.17, 15) is 14.4 Å². The molecular weight excluding hydrogens is 378 g/mol. The Labute approximate surface area is 178 Å². The molecule has 1 atom stereocenters. The summed E-state index contributed by atoms with van der Waals surface area (Å²) in [5.41, 5.74) is 2.71. The second-order valence-electron chi connectivity index (χ2n) is 7.62. The van der Waals surface area contributed by atoms with E-state index in [0.717, 1.165) is 11.1 Å². The number of nitrogens with zero attached hydrogens (tertiary/aromatic N) is 1. The van der Waals surface area contributed by atoms with Gasteiger partial charge in [-0.15, -0.1) is 0 Å². The van der Waals surface area contributed by atoms with E-state index in [1.807, 2.05) is 82.3 Å². The first-order valence-electron chi connectivity index (χ1n) is 10.3. The molecule has 6 heteroatoms. The number of amides is 3. The van der Waals surface area contributed by atoms with E-state index in [4.69, 9.17) is 0 Å². The molecule has 160 valence electrons. The second kappa shape index (κ2) is 11.1. The van der Waals surface area contributed by atoms with Gasteiger partial charge < -0.3 is 15.5 Å². The molecule has 0 heterocycles. The van der Waals surface area contributed by atoms with Crippen molar-refractivity contribution < 1.29 is 14.4 Å². The SMILES string of the molecule is CC[C@H](C(=O)N(CC(=O)NCC(=O)Nc1ccc(C)cc1)C(C)C)c1ccccc1. The van der Waals surface area contributed by atoms with E-state index in [-0.39, 0.29) is 42.8 Å². The van der Waals surface area contributed by atoms with Crippen LogP contribution in [0.5, 0.6) is 0 Å². The van der Waals surface area contributed by atoms with Crippen molar-refractivity contribution in [2.45, 2.75) is 46.1 Å². The zero-order valence-corrected chi connectivity index (χ0v) is 18.1. The highest BCUT2D eigenvalue weighted by Crippen LogP contribution is 2.23. The van der Waals surface area contributed by atoms with Gasteiger partial charge in [-0.3, -0.25) is 14.4 Å². The Bertz CT molecular complexity index is 848. The van der Waals surface area contributed by atoms with Gasteiger partial charge in [-0.1, -0.05) is 55.0 Å². The molecule has 2 rings (SSSR count). The van der Waals surface area contributed by atoms with Gasteiger partial charge >= 0.3 is 0 Å². The number of hydrogen-bond donors (Lipinski definition) is 2. The Morgan fingerprint density at radius 1 is 0.933 bits per heavy atom. The van der Waals surface area contributed by atoms with Crippen molar-refractivity contribution in [1.82, 2.24) is 10.2 Å². The van der Waals surface area contributed by atoms with Crippen molar-refractivity contribution in [3.05, 3.63) is 65.7 Å². The lowest BCUT2D eigenvalue weighted by molar-refractivity contribution is -0.139. The molecule has 0 aliphatic rings. The summed E-state index contributed by atoms with van der Waals surface area (Å²) in [5.74, 6) is -1.06. The second-order valence-corrected chi connectivity index (χ2v) is 7.62. The molecule has 2 aromatic carbocycles. The van der Waals surface area contributed by atoms with E-state index in [1.54, 1.807) is 4.90 Å². The third kappa shape index (κ3) is 6.72. The van der Waals surface area contributed by atoms with Crippen LogP contribution >= 0.6 is 0 Å². The summed E-state index contributed by atoms with van der Waals surface area (Å²) < 4.78 is 0. The van der Waals surface area contributed by atoms with Crippen LogP contribution in [0, 0.1) is 6.92 Å². The molecule has 0 radical (unpaired) electrons. The Morgan fingerprint density at radius 3 is 2.13 bits per heavy atom. The maximum Gasteiger partial charge on any atom is 0.243 e. The Hall–Kier alpha value is -3.15. The molecule has 0 aromatic heterocycles. The summed E-state index contributed by atoms with van der Waals surface area (Å²) in [6.07, 6.45) is 0.645. The van der Waals surface area contributed by atoms with E-state index in [0.29, 0.717) is 12.1 Å². The minimum Gasteiger partial charge on any atom is -0.345 e. The van der Waals surface area contributed by atoms with Crippen LogP contribution in [0.1, 0.15) is 44.2 Å². The van der Waals surface area contributed by atoms with Crippen LogP contribution in [0.3, 0.4) is 0 Å². The van der Waals surface area contributed by atoms with Gasteiger partial charge in [0.05, 0.1) is 19.0 Å². The molecule has 0 fully saturated rings. The lowest BCUT2D eigenvalue weighted by Crippen LogP contribution is -2.47. The van der Waals surface area contributed by atoms with Crippen LogP contribution in [0.2, 0.25) is 0 Å². The maximum atomic E-state index is 13.1. The smallest absolute Gasteiger partial charge is 0.243 e. The molecular formula is C24H31N3O3. The first-order valence-corrected chi connectivity index (χ1v) is 10.3. The lowest BCUT2D eigenvalue weighted by atomic mass is 9.94. The molecule has 0 saturated carbocycles. The van der Waals surface area contributed by atoms with Gasteiger partial charge in [-0.25, -0.2) is 0 Å². The van der Waals surface area contributed by atoms with Gasteiger partial charge in [0, 0.05) is 11.7 Å². The van der Waals surface area contributed by atoms with E-state index in [1.165, 1.54) is 0 Å². The van der Waals surface area contributed by atoms with Crippen molar-refractivity contribution in [1.29, 1.82) is 0 Å². The highest BCUT2D eigenvalue weighted by molar-refractivity contribution is 5.95. The summed E-state index contributed by atoms with van der Waals surface area (Å²) in [4.78, 5) is 39.2. The normalized spacial score (nSPS) is 11.6. The van der Waals surface area contributed by atoms with Crippen molar-refractivity contribution in [2.24, 2.45) is 0 Å². The molecule has 0 bridgehead atoms. The van der Waals surface area contributed by atoms with Crippen LogP contribution in [-0.4, -0.2) is 41.8 Å². The monoisotopic (exact) mass is 409 g/mol. The van der Waals surface area contributed by atoms with Gasteiger partial charge in [0.25, 0.3) is 0 Å². The molecule has 6 nitrogen and oxygen atoms in total. The number of anilines is 1. The molecule has 0 aliphatic carbocycles. The Balaban J connectivity index is 1.93. The van der Waals surface area contributed by atoms with Crippen molar-refractivity contribution in [3.63, 3.8) is 0 Å². The van der Waals surface area contributed by atoms with Gasteiger partial charge in [0.1, 0.15) is 0 Å². The highest BCUT2D eigenvalue weighted by Gasteiger charge is 2.27. The highest BCUT2D eigenvalue weighted by atomic mass is 16.2. The van der Waals surface area contributed by atoms with Gasteiger partial charge in [-0.2, -0.15) is 0 Å². The summed E-state index contributed by atoms with van der Waals surface area (Å²) in [6.45, 7) is 7.46. The number of carbonyl (C=O) groups excluding carboxylic acids is 3. The predicted molar refractivity (Wildman–Crippen MR) is 119 cm³/mol. The minimum absolute atomic E-state index is 0.0852. The quantitative estimate of drug-likeness (QED) is 0.666. The third-order valence-corrected chi connectivity index (χ3v) is 4.91. The fraction of sp³-hybridized carbons (Fsp3) is 0.375. The number of aryl methyl sites for hydroxylation is 1. The number of rotatable bonds is 9. The zero-order chi connectivity index (χ0) is 22.1. The van der Waals surface area contributed by atoms with Gasteiger partial charge in [0.15, 0.2) is 0 Å². The molecule has 3 amide bonds. The molecule has 30 heavy (non-hydrogen) atoms. The molecule has 2 aromatic rings. The number of hydrogen-bond acceptors (Lipinski definition) is 3. The summed E-state index contributed by atoms with van der Waals surface area (Å²) in [7, 11) is 0. The molecule has 0 unspecified atom stereocenters. The summed E-state index contributed by atoms with van der Waals surface area (Å²) in [5, 5.41) is 5.34. The predicted octanol–water partition coefficient (Wildman–Crippen LogP) is 3.48. The first kappa shape index (κ1) is 23.1. The van der Waals surface area contributed by atoms with Crippen molar-refractivity contribution in [2.75, 3.05) is 18.4 Å². The van der Waals surface area contributed by atoms with E-state index >= 15 is 0 Å². The summed E-state index contributed by atoms with van der Waals surface area (Å²) >= 11 is 0. The topological polar surface area (TPSA) is 78.5 Å². The maximum absolute atomic E-state index is 13.1. The fourth-order valence-electron chi connectivity index (χ4n) is 3.18. The third-order valence-electron chi connectivity index (χ3n) is 4.91. The lowest BCUT2D eigenvalue weighted by Gasteiger charge is -2.30.